The summed E-state index contributed by atoms with van der Waals surface area (Å²) in [4.78, 5) is 25.1. The second kappa shape index (κ2) is 10.5. The van der Waals surface area contributed by atoms with Crippen molar-refractivity contribution in [2.75, 3.05) is 19.6 Å². The predicted molar refractivity (Wildman–Crippen MR) is 149 cm³/mol. The van der Waals surface area contributed by atoms with Gasteiger partial charge in [0.1, 0.15) is 17.5 Å². The molecule has 0 aliphatic carbocycles. The van der Waals surface area contributed by atoms with Gasteiger partial charge in [-0.25, -0.2) is 14.4 Å². The van der Waals surface area contributed by atoms with Crippen molar-refractivity contribution in [3.8, 4) is 0 Å². The van der Waals surface area contributed by atoms with Crippen LogP contribution in [-0.4, -0.2) is 43.6 Å². The Bertz CT molecular complexity index is 1630. The average molecular weight is 510 g/mol. The number of imidazole rings is 1. The largest absolute Gasteiger partial charge is 0.323 e. The maximum absolute atomic E-state index is 13.4. The van der Waals surface area contributed by atoms with E-state index in [9.17, 15) is 9.18 Å². The topological polar surface area (TPSA) is 56.0 Å². The number of likely N-dealkylation sites (tertiary alicyclic amines) is 1. The number of benzene rings is 3. The average Bonchev–Trinajstić information content (AvgIpc) is 3.27. The maximum Gasteiger partial charge on any atom is 0.261 e. The number of para-hydroxylation sites is 3. The molecule has 1 fully saturated rings. The van der Waals surface area contributed by atoms with Crippen molar-refractivity contribution in [2.24, 2.45) is 5.92 Å². The summed E-state index contributed by atoms with van der Waals surface area (Å²) in [5.74, 6) is 2.21. The molecule has 1 saturated heterocycles. The van der Waals surface area contributed by atoms with E-state index in [-0.39, 0.29) is 11.4 Å². The van der Waals surface area contributed by atoms with Gasteiger partial charge in [-0.15, -0.1) is 0 Å². The number of nitrogens with zero attached hydrogens (tertiary/aromatic N) is 5. The molecule has 1 aliphatic rings. The monoisotopic (exact) mass is 509 g/mol. The molecule has 0 radical (unpaired) electrons. The van der Waals surface area contributed by atoms with Crippen LogP contribution in [0.5, 0.6) is 0 Å². The molecule has 3 aromatic carbocycles. The van der Waals surface area contributed by atoms with Gasteiger partial charge in [-0.1, -0.05) is 36.4 Å². The highest BCUT2D eigenvalue weighted by Crippen LogP contribution is 2.25. The SMILES string of the molecule is Cc1nc2ccccc2c(=O)n1CCN1CCC(Cc2nc3ccccc3n2Cc2ccc(F)cc2)CC1. The van der Waals surface area contributed by atoms with E-state index in [0.717, 1.165) is 72.7 Å². The summed E-state index contributed by atoms with van der Waals surface area (Å²) >= 11 is 0. The Labute approximate surface area is 221 Å². The van der Waals surface area contributed by atoms with Crippen LogP contribution in [-0.2, 0) is 19.5 Å². The first-order chi connectivity index (χ1) is 18.5. The normalized spacial score (nSPS) is 15.0. The summed E-state index contributed by atoms with van der Waals surface area (Å²) in [6.07, 6.45) is 3.13. The fraction of sp³-hybridized carbons (Fsp3) is 0.323. The molecule has 0 bridgehead atoms. The van der Waals surface area contributed by atoms with Crippen molar-refractivity contribution in [1.29, 1.82) is 0 Å². The maximum atomic E-state index is 13.4. The van der Waals surface area contributed by atoms with E-state index in [4.69, 9.17) is 4.98 Å². The highest BCUT2D eigenvalue weighted by atomic mass is 19.1. The Morgan fingerprint density at radius 1 is 0.842 bits per heavy atom. The zero-order valence-electron chi connectivity index (χ0n) is 21.7. The molecule has 2 aromatic heterocycles. The van der Waals surface area contributed by atoms with Crippen LogP contribution in [0.2, 0.25) is 0 Å². The number of aromatic nitrogens is 4. The Morgan fingerprint density at radius 3 is 2.34 bits per heavy atom. The van der Waals surface area contributed by atoms with Crippen molar-refractivity contribution >= 4 is 21.9 Å². The van der Waals surface area contributed by atoms with Crippen molar-refractivity contribution in [1.82, 2.24) is 24.0 Å². The zero-order valence-corrected chi connectivity index (χ0v) is 21.7. The number of halogens is 1. The number of rotatable bonds is 7. The summed E-state index contributed by atoms with van der Waals surface area (Å²) < 4.78 is 17.5. The van der Waals surface area contributed by atoms with E-state index < -0.39 is 0 Å². The molecular formula is C31H32FN5O. The lowest BCUT2D eigenvalue weighted by Gasteiger charge is -2.32. The molecule has 0 amide bonds. The smallest absolute Gasteiger partial charge is 0.261 e. The summed E-state index contributed by atoms with van der Waals surface area (Å²) in [6.45, 7) is 6.12. The molecule has 0 unspecified atom stereocenters. The predicted octanol–water partition coefficient (Wildman–Crippen LogP) is 5.20. The van der Waals surface area contributed by atoms with Gasteiger partial charge in [0.25, 0.3) is 5.56 Å². The van der Waals surface area contributed by atoms with E-state index in [0.29, 0.717) is 24.4 Å². The molecule has 6 nitrogen and oxygen atoms in total. The molecule has 1 aliphatic heterocycles. The van der Waals surface area contributed by atoms with Crippen LogP contribution in [0.1, 0.15) is 30.1 Å². The van der Waals surface area contributed by atoms with Gasteiger partial charge >= 0.3 is 0 Å². The first-order valence-electron chi connectivity index (χ1n) is 13.4. The second-order valence-corrected chi connectivity index (χ2v) is 10.4. The summed E-state index contributed by atoms with van der Waals surface area (Å²) in [6, 6.07) is 22.6. The third-order valence-corrected chi connectivity index (χ3v) is 7.86. The second-order valence-electron chi connectivity index (χ2n) is 10.4. The zero-order chi connectivity index (χ0) is 26.1. The minimum atomic E-state index is -0.215. The third-order valence-electron chi connectivity index (χ3n) is 7.86. The van der Waals surface area contributed by atoms with Crippen molar-refractivity contribution < 1.29 is 4.39 Å². The standard InChI is InChI=1S/C31H32FN5O/c1-22-33-27-7-3-2-6-26(27)31(38)36(22)19-18-35-16-14-23(15-17-35)20-30-34-28-8-4-5-9-29(28)37(30)21-24-10-12-25(32)13-11-24/h2-13,23H,14-21H2,1H3. The molecule has 5 aromatic rings. The van der Waals surface area contributed by atoms with Gasteiger partial charge in [-0.2, -0.15) is 0 Å². The van der Waals surface area contributed by atoms with Crippen LogP contribution in [0.3, 0.4) is 0 Å². The lowest BCUT2D eigenvalue weighted by molar-refractivity contribution is 0.176. The van der Waals surface area contributed by atoms with Gasteiger partial charge < -0.3 is 9.47 Å². The highest BCUT2D eigenvalue weighted by molar-refractivity contribution is 5.77. The fourth-order valence-corrected chi connectivity index (χ4v) is 5.69. The van der Waals surface area contributed by atoms with Gasteiger partial charge in [0.05, 0.1) is 21.9 Å². The molecule has 6 rings (SSSR count). The third kappa shape index (κ3) is 4.98. The van der Waals surface area contributed by atoms with Crippen LogP contribution in [0.25, 0.3) is 21.9 Å². The number of aryl methyl sites for hydroxylation is 1. The number of hydrogen-bond acceptors (Lipinski definition) is 4. The van der Waals surface area contributed by atoms with Crippen LogP contribution in [0, 0.1) is 18.7 Å². The van der Waals surface area contributed by atoms with E-state index in [1.807, 2.05) is 60.0 Å². The van der Waals surface area contributed by atoms with E-state index in [1.165, 1.54) is 12.1 Å². The van der Waals surface area contributed by atoms with E-state index >= 15 is 0 Å². The van der Waals surface area contributed by atoms with E-state index in [2.05, 4.69) is 26.6 Å². The molecule has 3 heterocycles. The molecule has 0 saturated carbocycles. The van der Waals surface area contributed by atoms with Gasteiger partial charge in [-0.3, -0.25) is 9.36 Å². The quantitative estimate of drug-likeness (QED) is 0.303. The van der Waals surface area contributed by atoms with Crippen molar-refractivity contribution in [2.45, 2.75) is 39.3 Å². The number of hydrogen-bond donors (Lipinski definition) is 0. The Kier molecular flexibility index (Phi) is 6.77. The minimum absolute atomic E-state index is 0.0445. The first-order valence-corrected chi connectivity index (χ1v) is 13.4. The molecule has 7 heteroatoms. The van der Waals surface area contributed by atoms with E-state index in [1.54, 1.807) is 0 Å². The Morgan fingerprint density at radius 2 is 1.55 bits per heavy atom. The highest BCUT2D eigenvalue weighted by Gasteiger charge is 2.22. The number of piperidine rings is 1. The van der Waals surface area contributed by atoms with Crippen LogP contribution in [0.4, 0.5) is 4.39 Å². The van der Waals surface area contributed by atoms with Crippen molar-refractivity contribution in [3.05, 3.63) is 106 Å². The molecule has 0 atom stereocenters. The fourth-order valence-electron chi connectivity index (χ4n) is 5.69. The summed E-state index contributed by atoms with van der Waals surface area (Å²) in [5, 5.41) is 0.681. The lowest BCUT2D eigenvalue weighted by Crippen LogP contribution is -2.38. The first kappa shape index (κ1) is 24.5. The summed E-state index contributed by atoms with van der Waals surface area (Å²) in [5.41, 5.74) is 4.00. The molecule has 194 valence electrons. The Hall–Kier alpha value is -3.84. The molecular weight excluding hydrogens is 477 g/mol. The lowest BCUT2D eigenvalue weighted by atomic mass is 9.93. The number of fused-ring (bicyclic) bond motifs is 2. The van der Waals surface area contributed by atoms with Gasteiger partial charge in [-0.05, 0) is 80.7 Å². The molecule has 0 N–H and O–H groups in total. The van der Waals surface area contributed by atoms with Crippen LogP contribution < -0.4 is 5.56 Å². The molecule has 38 heavy (non-hydrogen) atoms. The van der Waals surface area contributed by atoms with Crippen LogP contribution >= 0.6 is 0 Å². The van der Waals surface area contributed by atoms with Gasteiger partial charge in [0.15, 0.2) is 0 Å². The van der Waals surface area contributed by atoms with Crippen molar-refractivity contribution in [3.63, 3.8) is 0 Å². The molecule has 0 spiro atoms. The van der Waals surface area contributed by atoms with Gasteiger partial charge in [0.2, 0.25) is 0 Å². The Balaban J connectivity index is 1.11. The van der Waals surface area contributed by atoms with Crippen LogP contribution in [0.15, 0.2) is 77.6 Å². The minimum Gasteiger partial charge on any atom is -0.323 e. The van der Waals surface area contributed by atoms with Gasteiger partial charge in [0, 0.05) is 26.1 Å². The summed E-state index contributed by atoms with van der Waals surface area (Å²) in [7, 11) is 0.